The number of ether oxygens (including phenoxy) is 2. The molecule has 4 rings (SSSR count). The van der Waals surface area contributed by atoms with Crippen LogP contribution in [0.5, 0.6) is 11.5 Å². The molecule has 0 aliphatic carbocycles. The van der Waals surface area contributed by atoms with E-state index in [0.717, 1.165) is 34.9 Å². The molecule has 0 fully saturated rings. The van der Waals surface area contributed by atoms with Gasteiger partial charge in [-0.05, 0) is 31.2 Å². The Morgan fingerprint density at radius 1 is 0.938 bits per heavy atom. The summed E-state index contributed by atoms with van der Waals surface area (Å²) in [6.07, 6.45) is -1.88. The van der Waals surface area contributed by atoms with Crippen molar-refractivity contribution in [3.63, 3.8) is 0 Å². The highest BCUT2D eigenvalue weighted by molar-refractivity contribution is 5.70. The van der Waals surface area contributed by atoms with Crippen LogP contribution in [0.3, 0.4) is 0 Å². The first kappa shape index (κ1) is 21.4. The number of benzene rings is 2. The van der Waals surface area contributed by atoms with E-state index in [1.807, 2.05) is 37.3 Å². The Balaban J connectivity index is 1.49. The van der Waals surface area contributed by atoms with Crippen molar-refractivity contribution < 1.29 is 22.6 Å². The Bertz CT molecular complexity index is 1200. The summed E-state index contributed by atoms with van der Waals surface area (Å²) in [6, 6.07) is 15.6. The molecule has 0 saturated heterocycles. The van der Waals surface area contributed by atoms with Crippen molar-refractivity contribution in [3.05, 3.63) is 83.8 Å². The van der Waals surface area contributed by atoms with Crippen molar-refractivity contribution in [2.75, 3.05) is 7.11 Å². The second-order valence-electron chi connectivity index (χ2n) is 7.20. The quantitative estimate of drug-likeness (QED) is 0.397. The first-order valence-electron chi connectivity index (χ1n) is 9.79. The fraction of sp³-hybridized carbons (Fsp3) is 0.167. The number of alkyl halides is 3. The van der Waals surface area contributed by atoms with Gasteiger partial charge < -0.3 is 14.5 Å². The van der Waals surface area contributed by atoms with Crippen LogP contribution in [-0.4, -0.2) is 22.1 Å². The van der Waals surface area contributed by atoms with Gasteiger partial charge in [-0.1, -0.05) is 29.8 Å². The van der Waals surface area contributed by atoms with E-state index in [1.54, 1.807) is 25.4 Å². The Kier molecular flexibility index (Phi) is 5.85. The lowest BCUT2D eigenvalue weighted by Crippen LogP contribution is -2.06. The molecule has 0 atom stereocenters. The maximum atomic E-state index is 12.7. The van der Waals surface area contributed by atoms with Crippen LogP contribution in [-0.2, 0) is 12.8 Å². The fourth-order valence-corrected chi connectivity index (χ4v) is 3.13. The zero-order valence-electron chi connectivity index (χ0n) is 17.4. The van der Waals surface area contributed by atoms with Gasteiger partial charge >= 0.3 is 6.18 Å². The van der Waals surface area contributed by atoms with Crippen LogP contribution in [0, 0.1) is 6.92 Å². The average Bonchev–Trinajstić information content (AvgIpc) is 3.27. The maximum Gasteiger partial charge on any atom is 0.417 e. The number of nitrogens with zero attached hydrogens (tertiary/aromatic N) is 2. The number of methoxy groups -OCH3 is 1. The van der Waals surface area contributed by atoms with Crippen LogP contribution in [0.2, 0.25) is 0 Å². The third-order valence-electron chi connectivity index (χ3n) is 4.90. The largest absolute Gasteiger partial charge is 0.496 e. The second kappa shape index (κ2) is 8.74. The maximum absolute atomic E-state index is 12.7. The summed E-state index contributed by atoms with van der Waals surface area (Å²) in [5.74, 6) is 1.82. The van der Waals surface area contributed by atoms with Crippen molar-refractivity contribution in [1.29, 1.82) is 0 Å². The molecule has 0 aliphatic heterocycles. The molecule has 2 aromatic carbocycles. The number of aryl methyl sites for hydroxylation is 1. The van der Waals surface area contributed by atoms with Gasteiger partial charge in [-0.3, -0.25) is 4.98 Å². The van der Waals surface area contributed by atoms with Gasteiger partial charge in [-0.15, -0.1) is 0 Å². The SMILES string of the molecule is COc1cc(OCc2ccc(C(F)(F)F)cn2)ccc1-c1cnc(-c2ccc(C)cc2)[nH]1. The van der Waals surface area contributed by atoms with Gasteiger partial charge in [0.2, 0.25) is 0 Å². The lowest BCUT2D eigenvalue weighted by molar-refractivity contribution is -0.137. The van der Waals surface area contributed by atoms with Crippen LogP contribution >= 0.6 is 0 Å². The van der Waals surface area contributed by atoms with Gasteiger partial charge in [0, 0.05) is 23.4 Å². The summed E-state index contributed by atoms with van der Waals surface area (Å²) in [6.45, 7) is 2.06. The smallest absolute Gasteiger partial charge is 0.417 e. The number of halogens is 3. The van der Waals surface area contributed by atoms with Crippen LogP contribution in [0.4, 0.5) is 13.2 Å². The lowest BCUT2D eigenvalue weighted by Gasteiger charge is -2.11. The van der Waals surface area contributed by atoms with Crippen LogP contribution in [0.1, 0.15) is 16.8 Å². The van der Waals surface area contributed by atoms with Crippen LogP contribution in [0.25, 0.3) is 22.6 Å². The van der Waals surface area contributed by atoms with Gasteiger partial charge in [0.25, 0.3) is 0 Å². The first-order valence-corrected chi connectivity index (χ1v) is 9.79. The van der Waals surface area contributed by atoms with Gasteiger partial charge in [0.15, 0.2) is 0 Å². The molecule has 5 nitrogen and oxygen atoms in total. The molecule has 4 aromatic rings. The van der Waals surface area contributed by atoms with Gasteiger partial charge in [-0.25, -0.2) is 4.98 Å². The molecule has 2 heterocycles. The molecular weight excluding hydrogens is 419 g/mol. The van der Waals surface area contributed by atoms with E-state index in [1.165, 1.54) is 11.6 Å². The Hall–Kier alpha value is -3.81. The normalized spacial score (nSPS) is 11.4. The van der Waals surface area contributed by atoms with Gasteiger partial charge in [0.1, 0.15) is 23.9 Å². The molecule has 8 heteroatoms. The van der Waals surface area contributed by atoms with E-state index in [0.29, 0.717) is 17.2 Å². The molecule has 0 unspecified atom stereocenters. The van der Waals surface area contributed by atoms with Crippen molar-refractivity contribution in [1.82, 2.24) is 15.0 Å². The summed E-state index contributed by atoms with van der Waals surface area (Å²) < 4.78 is 49.2. The predicted octanol–water partition coefficient (Wildman–Crippen LogP) is 6.05. The number of imidazole rings is 1. The molecule has 0 spiro atoms. The molecule has 164 valence electrons. The molecule has 2 aromatic heterocycles. The molecule has 1 N–H and O–H groups in total. The summed E-state index contributed by atoms with van der Waals surface area (Å²) in [7, 11) is 1.55. The van der Waals surface area contributed by atoms with Crippen molar-refractivity contribution >= 4 is 0 Å². The first-order chi connectivity index (χ1) is 15.3. The van der Waals surface area contributed by atoms with Crippen molar-refractivity contribution in [3.8, 4) is 34.1 Å². The number of nitrogens with one attached hydrogen (secondary N) is 1. The molecule has 0 saturated carbocycles. The number of rotatable bonds is 6. The Labute approximate surface area is 182 Å². The van der Waals surface area contributed by atoms with Crippen LogP contribution in [0.15, 0.2) is 67.0 Å². The monoisotopic (exact) mass is 439 g/mol. The fourth-order valence-electron chi connectivity index (χ4n) is 3.13. The highest BCUT2D eigenvalue weighted by Crippen LogP contribution is 2.34. The van der Waals surface area contributed by atoms with Gasteiger partial charge in [0.05, 0.1) is 30.3 Å². The van der Waals surface area contributed by atoms with E-state index in [4.69, 9.17) is 9.47 Å². The molecule has 0 bridgehead atoms. The number of hydrogen-bond acceptors (Lipinski definition) is 4. The number of hydrogen-bond donors (Lipinski definition) is 1. The average molecular weight is 439 g/mol. The standard InChI is InChI=1S/C24H20F3N3O2/c1-15-3-5-16(6-4-15)23-29-13-21(30-23)20-10-9-19(11-22(20)31-2)32-14-18-8-7-17(12-28-18)24(25,26)27/h3-13H,14H2,1-2H3,(H,29,30). The minimum Gasteiger partial charge on any atom is -0.496 e. The number of aromatic nitrogens is 3. The second-order valence-corrected chi connectivity index (χ2v) is 7.20. The van der Waals surface area contributed by atoms with E-state index in [2.05, 4.69) is 15.0 Å². The zero-order valence-corrected chi connectivity index (χ0v) is 17.4. The topological polar surface area (TPSA) is 60.0 Å². The Morgan fingerprint density at radius 2 is 1.72 bits per heavy atom. The lowest BCUT2D eigenvalue weighted by atomic mass is 10.1. The minimum absolute atomic E-state index is 0.0300. The Morgan fingerprint density at radius 3 is 2.38 bits per heavy atom. The van der Waals surface area contributed by atoms with E-state index < -0.39 is 11.7 Å². The summed E-state index contributed by atoms with van der Waals surface area (Å²) >= 11 is 0. The molecular formula is C24H20F3N3O2. The third-order valence-corrected chi connectivity index (χ3v) is 4.90. The number of H-pyrrole nitrogens is 1. The van der Waals surface area contributed by atoms with Gasteiger partial charge in [-0.2, -0.15) is 13.2 Å². The van der Waals surface area contributed by atoms with E-state index in [9.17, 15) is 13.2 Å². The third kappa shape index (κ3) is 4.74. The molecule has 0 radical (unpaired) electrons. The van der Waals surface area contributed by atoms with E-state index in [-0.39, 0.29) is 6.61 Å². The summed E-state index contributed by atoms with van der Waals surface area (Å²) in [5.41, 5.74) is 3.33. The zero-order chi connectivity index (χ0) is 22.7. The summed E-state index contributed by atoms with van der Waals surface area (Å²) in [5, 5.41) is 0. The highest BCUT2D eigenvalue weighted by atomic mass is 19.4. The molecule has 0 aliphatic rings. The van der Waals surface area contributed by atoms with Crippen molar-refractivity contribution in [2.24, 2.45) is 0 Å². The van der Waals surface area contributed by atoms with E-state index >= 15 is 0 Å². The molecule has 0 amide bonds. The number of pyridine rings is 1. The molecule has 32 heavy (non-hydrogen) atoms. The summed E-state index contributed by atoms with van der Waals surface area (Å²) in [4.78, 5) is 11.6. The van der Waals surface area contributed by atoms with Crippen molar-refractivity contribution in [2.45, 2.75) is 19.7 Å². The van der Waals surface area contributed by atoms with Crippen LogP contribution < -0.4 is 9.47 Å². The highest BCUT2D eigenvalue weighted by Gasteiger charge is 2.30. The predicted molar refractivity (Wildman–Crippen MR) is 114 cm³/mol. The minimum atomic E-state index is -4.42. The number of aromatic amines is 1.